The molecule has 0 saturated carbocycles. The summed E-state index contributed by atoms with van der Waals surface area (Å²) in [4.78, 5) is 6.59. The maximum Gasteiger partial charge on any atom is 0.416 e. The fourth-order valence-corrected chi connectivity index (χ4v) is 4.91. The molecule has 5 nitrogen and oxygen atoms in total. The Kier molecular flexibility index (Phi) is 7.89. The Morgan fingerprint density at radius 2 is 1.84 bits per heavy atom. The maximum atomic E-state index is 13.1. The van der Waals surface area contributed by atoms with Gasteiger partial charge in [-0.1, -0.05) is 37.2 Å². The van der Waals surface area contributed by atoms with Crippen molar-refractivity contribution in [3.8, 4) is 11.5 Å². The summed E-state index contributed by atoms with van der Waals surface area (Å²) >= 11 is 7.14. The number of halogens is 3. The lowest BCUT2D eigenvalue weighted by atomic mass is 10.2. The van der Waals surface area contributed by atoms with Crippen LogP contribution >= 0.6 is 24.0 Å². The molecule has 1 fully saturated rings. The van der Waals surface area contributed by atoms with Crippen molar-refractivity contribution in [3.05, 3.63) is 48.0 Å². The molecule has 1 saturated heterocycles. The molecule has 0 aromatic heterocycles. The van der Waals surface area contributed by atoms with Crippen LogP contribution in [-0.2, 0) is 6.18 Å². The normalized spacial score (nSPS) is 17.5. The number of hydrogen-bond acceptors (Lipinski definition) is 5. The largest absolute Gasteiger partial charge is 0.494 e. The van der Waals surface area contributed by atoms with Crippen molar-refractivity contribution in [2.75, 3.05) is 26.1 Å². The lowest BCUT2D eigenvalue weighted by molar-refractivity contribution is -0.137. The number of nitrogens with zero attached hydrogens (tertiary/aromatic N) is 2. The first-order valence-corrected chi connectivity index (χ1v) is 11.3. The number of ether oxygens (including phenoxy) is 2. The zero-order valence-electron chi connectivity index (χ0n) is 17.9. The Morgan fingerprint density at radius 1 is 1.19 bits per heavy atom. The van der Waals surface area contributed by atoms with Crippen molar-refractivity contribution in [2.45, 2.75) is 31.2 Å². The third-order valence-corrected chi connectivity index (χ3v) is 6.36. The van der Waals surface area contributed by atoms with E-state index < -0.39 is 11.7 Å². The van der Waals surface area contributed by atoms with Gasteiger partial charge in [0.05, 0.1) is 19.8 Å². The molecule has 3 rings (SSSR count). The fourth-order valence-electron chi connectivity index (χ4n) is 3.26. The van der Waals surface area contributed by atoms with E-state index in [1.807, 2.05) is 4.90 Å². The predicted molar refractivity (Wildman–Crippen MR) is 127 cm³/mol. The molecule has 0 radical (unpaired) electrons. The molecule has 1 aliphatic heterocycles. The minimum absolute atomic E-state index is 0.251. The number of thiocarbonyl (C=S) groups is 1. The molecule has 0 bridgehead atoms. The molecule has 172 valence electrons. The van der Waals surface area contributed by atoms with Crippen molar-refractivity contribution < 1.29 is 22.6 Å². The Labute approximate surface area is 195 Å². The van der Waals surface area contributed by atoms with E-state index in [2.05, 4.69) is 12.2 Å². The number of rotatable bonds is 6. The zero-order chi connectivity index (χ0) is 23.3. The van der Waals surface area contributed by atoms with Crippen molar-refractivity contribution in [3.63, 3.8) is 0 Å². The first kappa shape index (κ1) is 24.2. The van der Waals surface area contributed by atoms with Gasteiger partial charge in [-0.25, -0.2) is 4.99 Å². The van der Waals surface area contributed by atoms with E-state index in [0.29, 0.717) is 28.9 Å². The van der Waals surface area contributed by atoms with Crippen LogP contribution in [-0.4, -0.2) is 41.2 Å². The van der Waals surface area contributed by atoms with Gasteiger partial charge in [-0.05, 0) is 49.0 Å². The molecule has 1 heterocycles. The number of hydrogen-bond donors (Lipinski definition) is 1. The highest BCUT2D eigenvalue weighted by atomic mass is 32.2. The second-order valence-corrected chi connectivity index (χ2v) is 8.71. The highest BCUT2D eigenvalue weighted by molar-refractivity contribution is 8.14. The Bertz CT molecular complexity index is 976. The number of aliphatic imine (C=N–C) groups is 1. The molecule has 10 heteroatoms. The van der Waals surface area contributed by atoms with Crippen molar-refractivity contribution in [1.29, 1.82) is 0 Å². The average Bonchev–Trinajstić information content (AvgIpc) is 3.16. The molecule has 2 aromatic rings. The van der Waals surface area contributed by atoms with E-state index in [1.165, 1.54) is 6.07 Å². The number of para-hydroxylation sites is 1. The number of benzene rings is 2. The number of thioether (sulfide) groups is 1. The topological polar surface area (TPSA) is 46.1 Å². The van der Waals surface area contributed by atoms with Gasteiger partial charge in [0.2, 0.25) is 0 Å². The van der Waals surface area contributed by atoms with Crippen LogP contribution in [0.25, 0.3) is 0 Å². The van der Waals surface area contributed by atoms with Crippen LogP contribution < -0.4 is 14.8 Å². The molecule has 0 aliphatic carbocycles. The Morgan fingerprint density at radius 3 is 2.44 bits per heavy atom. The number of nitrogens with one attached hydrogen (secondary N) is 1. The lowest BCUT2D eigenvalue weighted by Crippen LogP contribution is -2.36. The number of methoxy groups -OCH3 is 2. The number of amidine groups is 1. The second-order valence-electron chi connectivity index (χ2n) is 7.05. The van der Waals surface area contributed by atoms with Crippen molar-refractivity contribution >= 4 is 45.6 Å². The van der Waals surface area contributed by atoms with Crippen LogP contribution in [0, 0.1) is 0 Å². The Hall–Kier alpha value is -2.46. The summed E-state index contributed by atoms with van der Waals surface area (Å²) < 4.78 is 50.1. The molecular weight excluding hydrogens is 459 g/mol. The van der Waals surface area contributed by atoms with E-state index in [-0.39, 0.29) is 16.0 Å². The van der Waals surface area contributed by atoms with Gasteiger partial charge in [0.25, 0.3) is 0 Å². The average molecular weight is 484 g/mol. The van der Waals surface area contributed by atoms with Crippen LogP contribution in [0.5, 0.6) is 11.5 Å². The summed E-state index contributed by atoms with van der Waals surface area (Å²) in [5, 5.41) is 4.10. The van der Waals surface area contributed by atoms with Crippen LogP contribution in [0.1, 0.15) is 25.3 Å². The number of alkyl halides is 3. The van der Waals surface area contributed by atoms with E-state index in [4.69, 9.17) is 26.7 Å². The predicted octanol–water partition coefficient (Wildman–Crippen LogP) is 6.32. The van der Waals surface area contributed by atoms with Crippen molar-refractivity contribution in [2.24, 2.45) is 4.99 Å². The molecule has 1 aliphatic rings. The van der Waals surface area contributed by atoms with Crippen LogP contribution in [0.3, 0.4) is 0 Å². The fraction of sp³-hybridized carbons (Fsp3) is 0.364. The van der Waals surface area contributed by atoms with Gasteiger partial charge in [0.15, 0.2) is 10.3 Å². The highest BCUT2D eigenvalue weighted by Gasteiger charge is 2.33. The standard InChI is InChI=1S/C22H24F3N3O2S2/c1-4-7-16-13-28(20(31)26-15-9-5-8-14(12-15)22(23,24)25)21(32-16)27-19-17(29-2)10-6-11-18(19)30-3/h5-6,8-12,16H,4,7,13H2,1-3H3,(H,26,31). The minimum atomic E-state index is -4.43. The molecular formula is C22H24F3N3O2S2. The van der Waals surface area contributed by atoms with Crippen LogP contribution in [0.2, 0.25) is 0 Å². The van der Waals surface area contributed by atoms with Gasteiger partial charge in [-0.3, -0.25) is 4.90 Å². The van der Waals surface area contributed by atoms with Crippen LogP contribution in [0.4, 0.5) is 24.5 Å². The summed E-state index contributed by atoms with van der Waals surface area (Å²) in [5.41, 5.74) is 0.0598. The van der Waals surface area contributed by atoms with E-state index in [9.17, 15) is 13.2 Å². The van der Waals surface area contributed by atoms with Gasteiger partial charge in [-0.2, -0.15) is 13.2 Å². The highest BCUT2D eigenvalue weighted by Crippen LogP contribution is 2.40. The SMILES string of the molecule is CCCC1CN(C(=S)Nc2cccc(C(F)(F)F)c2)C(=Nc2c(OC)cccc2OC)S1. The summed E-state index contributed by atoms with van der Waals surface area (Å²) in [5.74, 6) is 1.10. The molecule has 1 unspecified atom stereocenters. The first-order valence-electron chi connectivity index (χ1n) is 9.99. The van der Waals surface area contributed by atoms with Gasteiger partial charge in [0, 0.05) is 17.5 Å². The zero-order valence-corrected chi connectivity index (χ0v) is 19.5. The minimum Gasteiger partial charge on any atom is -0.494 e. The summed E-state index contributed by atoms with van der Waals surface area (Å²) in [6, 6.07) is 10.3. The molecule has 0 amide bonds. The second kappa shape index (κ2) is 10.4. The van der Waals surface area contributed by atoms with Gasteiger partial charge in [-0.15, -0.1) is 0 Å². The molecule has 1 N–H and O–H groups in total. The van der Waals surface area contributed by atoms with Gasteiger partial charge < -0.3 is 14.8 Å². The summed E-state index contributed by atoms with van der Waals surface area (Å²) in [7, 11) is 3.11. The van der Waals surface area contributed by atoms with E-state index >= 15 is 0 Å². The molecule has 1 atom stereocenters. The Balaban J connectivity index is 1.92. The lowest BCUT2D eigenvalue weighted by Gasteiger charge is -2.21. The van der Waals surface area contributed by atoms with Gasteiger partial charge >= 0.3 is 6.18 Å². The van der Waals surface area contributed by atoms with Crippen LogP contribution in [0.15, 0.2) is 47.5 Å². The third-order valence-electron chi connectivity index (χ3n) is 4.80. The first-order chi connectivity index (χ1) is 15.3. The van der Waals surface area contributed by atoms with E-state index in [0.717, 1.165) is 25.0 Å². The number of anilines is 1. The summed E-state index contributed by atoms with van der Waals surface area (Å²) in [6.45, 7) is 2.70. The third kappa shape index (κ3) is 5.66. The van der Waals surface area contributed by atoms with Crippen molar-refractivity contribution in [1.82, 2.24) is 4.90 Å². The summed E-state index contributed by atoms with van der Waals surface area (Å²) in [6.07, 6.45) is -2.48. The van der Waals surface area contributed by atoms with Gasteiger partial charge in [0.1, 0.15) is 17.2 Å². The van der Waals surface area contributed by atoms with E-state index in [1.54, 1.807) is 50.2 Å². The molecule has 32 heavy (non-hydrogen) atoms. The smallest absolute Gasteiger partial charge is 0.416 e. The monoisotopic (exact) mass is 483 g/mol. The molecule has 2 aromatic carbocycles. The quantitative estimate of drug-likeness (QED) is 0.485. The maximum absolute atomic E-state index is 13.1. The molecule has 0 spiro atoms.